The van der Waals surface area contributed by atoms with Crippen LogP contribution in [0.2, 0.25) is 0 Å². The number of benzene rings is 2. The molecule has 29 heavy (non-hydrogen) atoms. The lowest BCUT2D eigenvalue weighted by molar-refractivity contribution is 0.0756. The van der Waals surface area contributed by atoms with Crippen LogP contribution in [0.1, 0.15) is 42.5 Å². The van der Waals surface area contributed by atoms with Gasteiger partial charge in [-0.25, -0.2) is 9.97 Å². The Bertz CT molecular complexity index is 1000. The van der Waals surface area contributed by atoms with Gasteiger partial charge in [-0.1, -0.05) is 74.0 Å². The van der Waals surface area contributed by atoms with Gasteiger partial charge in [0.1, 0.15) is 0 Å². The van der Waals surface area contributed by atoms with Crippen LogP contribution in [-0.4, -0.2) is 16.6 Å². The molecule has 5 heteroatoms. The van der Waals surface area contributed by atoms with Crippen LogP contribution in [0.5, 0.6) is 0 Å². The van der Waals surface area contributed by atoms with Gasteiger partial charge in [0, 0.05) is 24.1 Å². The first-order valence-corrected chi connectivity index (χ1v) is 10.1. The summed E-state index contributed by atoms with van der Waals surface area (Å²) in [5.41, 5.74) is 15.5. The molecule has 0 spiro atoms. The van der Waals surface area contributed by atoms with E-state index in [1.165, 1.54) is 16.7 Å². The number of fused-ring (bicyclic) bond motifs is 1. The van der Waals surface area contributed by atoms with Crippen LogP contribution in [0.25, 0.3) is 16.8 Å². The van der Waals surface area contributed by atoms with E-state index in [0.29, 0.717) is 12.6 Å². The lowest BCUT2D eigenvalue weighted by atomic mass is 9.83. The summed E-state index contributed by atoms with van der Waals surface area (Å²) < 4.78 is 0. The Balaban J connectivity index is 1.71. The van der Waals surface area contributed by atoms with Gasteiger partial charge in [-0.15, -0.1) is 0 Å². The van der Waals surface area contributed by atoms with E-state index >= 15 is 0 Å². The zero-order valence-corrected chi connectivity index (χ0v) is 16.6. The molecule has 3 N–H and O–H groups in total. The number of hydrogen-bond acceptors (Lipinski definition) is 5. The number of anilines is 1. The van der Waals surface area contributed by atoms with Crippen molar-refractivity contribution in [1.29, 1.82) is 0 Å². The van der Waals surface area contributed by atoms with Crippen molar-refractivity contribution in [2.24, 2.45) is 0 Å². The lowest BCUT2D eigenvalue weighted by Crippen LogP contribution is -2.21. The number of nitrogens with one attached hydrogen (secondary N) is 1. The summed E-state index contributed by atoms with van der Waals surface area (Å²) in [6, 6.07) is 19.0. The Hall–Kier alpha value is -3.18. The van der Waals surface area contributed by atoms with Crippen LogP contribution < -0.4 is 11.2 Å². The maximum absolute atomic E-state index is 5.88. The van der Waals surface area contributed by atoms with E-state index in [9.17, 15) is 0 Å². The summed E-state index contributed by atoms with van der Waals surface area (Å²) in [6.45, 7) is 2.80. The molecular formula is C24H26N4O. The largest absolute Gasteiger partial charge is 0.368 e. The number of nitrogens with two attached hydrogens (primary N) is 1. The number of nitrogen functional groups attached to an aromatic ring is 1. The monoisotopic (exact) mass is 386 g/mol. The van der Waals surface area contributed by atoms with Crippen molar-refractivity contribution in [3.8, 4) is 11.1 Å². The highest BCUT2D eigenvalue weighted by atomic mass is 16.6. The Labute approximate surface area is 171 Å². The van der Waals surface area contributed by atoms with Crippen molar-refractivity contribution >= 4 is 11.6 Å². The molecule has 2 aromatic carbocycles. The van der Waals surface area contributed by atoms with E-state index in [1.54, 1.807) is 6.20 Å². The fourth-order valence-corrected chi connectivity index (χ4v) is 3.71. The van der Waals surface area contributed by atoms with E-state index in [0.717, 1.165) is 36.2 Å². The van der Waals surface area contributed by atoms with Crippen molar-refractivity contribution in [3.63, 3.8) is 0 Å². The van der Waals surface area contributed by atoms with Crippen LogP contribution in [0.4, 0.5) is 5.95 Å². The quantitative estimate of drug-likeness (QED) is 0.454. The number of allylic oxidation sites excluding steroid dienone is 1. The molecule has 0 radical (unpaired) electrons. The number of hydrogen-bond donors (Lipinski definition) is 2. The van der Waals surface area contributed by atoms with Crippen molar-refractivity contribution in [1.82, 2.24) is 15.4 Å². The Morgan fingerprint density at radius 3 is 2.69 bits per heavy atom. The van der Waals surface area contributed by atoms with Gasteiger partial charge in [0.05, 0.1) is 18.0 Å². The smallest absolute Gasteiger partial charge is 0.220 e. The van der Waals surface area contributed by atoms with Gasteiger partial charge in [-0.3, -0.25) is 10.3 Å². The van der Waals surface area contributed by atoms with Gasteiger partial charge in [0.2, 0.25) is 5.95 Å². The molecule has 0 amide bonds. The van der Waals surface area contributed by atoms with Crippen molar-refractivity contribution in [3.05, 3.63) is 83.7 Å². The molecule has 0 saturated heterocycles. The highest BCUT2D eigenvalue weighted by Gasteiger charge is 2.25. The van der Waals surface area contributed by atoms with E-state index in [1.807, 2.05) is 6.07 Å². The van der Waals surface area contributed by atoms with Gasteiger partial charge in [-0.2, -0.15) is 0 Å². The molecule has 4 rings (SSSR count). The number of unbranched alkanes of at least 4 members (excludes halogenated alkanes) is 1. The topological polar surface area (TPSA) is 73.1 Å². The third kappa shape index (κ3) is 4.30. The van der Waals surface area contributed by atoms with Gasteiger partial charge in [0.15, 0.2) is 0 Å². The predicted octanol–water partition coefficient (Wildman–Crippen LogP) is 4.73. The Morgan fingerprint density at radius 1 is 1.07 bits per heavy atom. The average molecular weight is 386 g/mol. The van der Waals surface area contributed by atoms with Gasteiger partial charge in [-0.05, 0) is 23.1 Å². The highest BCUT2D eigenvalue weighted by molar-refractivity contribution is 5.73. The van der Waals surface area contributed by atoms with E-state index in [-0.39, 0.29) is 5.92 Å². The molecule has 0 fully saturated rings. The summed E-state index contributed by atoms with van der Waals surface area (Å²) in [4.78, 5) is 14.4. The SMILES string of the molecule is CCCCONC1=CC(c2ccccc2-c2ccccc2)Cc2nc(N)ncc21. The number of nitrogens with zero attached hydrogens (tertiary/aromatic N) is 2. The van der Waals surface area contributed by atoms with Gasteiger partial charge < -0.3 is 5.73 Å². The Morgan fingerprint density at radius 2 is 1.86 bits per heavy atom. The van der Waals surface area contributed by atoms with Crippen LogP contribution >= 0.6 is 0 Å². The molecule has 1 aliphatic rings. The standard InChI is InChI=1S/C24H26N4O/c1-2-3-13-29-28-23-15-18(14-22-21(23)16-26-24(25)27-22)20-12-8-7-11-19(20)17-9-5-4-6-10-17/h4-12,15-16,18,28H,2-3,13-14H2,1H3,(H2,25,26,27). The molecule has 1 aromatic heterocycles. The summed E-state index contributed by atoms with van der Waals surface area (Å²) in [5.74, 6) is 0.456. The molecule has 148 valence electrons. The molecule has 1 aliphatic carbocycles. The normalized spacial score (nSPS) is 15.5. The molecule has 0 saturated carbocycles. The summed E-state index contributed by atoms with van der Waals surface area (Å²) >= 11 is 0. The van der Waals surface area contributed by atoms with Crippen LogP contribution in [-0.2, 0) is 11.3 Å². The molecule has 5 nitrogen and oxygen atoms in total. The first-order valence-electron chi connectivity index (χ1n) is 10.1. The lowest BCUT2D eigenvalue weighted by Gasteiger charge is -2.25. The van der Waals surface area contributed by atoms with Crippen LogP contribution in [0, 0.1) is 0 Å². The van der Waals surface area contributed by atoms with E-state index in [4.69, 9.17) is 10.6 Å². The predicted molar refractivity (Wildman–Crippen MR) is 117 cm³/mol. The fourth-order valence-electron chi connectivity index (χ4n) is 3.71. The van der Waals surface area contributed by atoms with Crippen LogP contribution in [0.3, 0.4) is 0 Å². The molecule has 1 unspecified atom stereocenters. The zero-order chi connectivity index (χ0) is 20.1. The van der Waals surface area contributed by atoms with Crippen molar-refractivity contribution < 1.29 is 4.84 Å². The minimum Gasteiger partial charge on any atom is -0.368 e. The Kier molecular flexibility index (Phi) is 5.86. The molecular weight excluding hydrogens is 360 g/mol. The van der Waals surface area contributed by atoms with Crippen molar-refractivity contribution in [2.45, 2.75) is 32.1 Å². The van der Waals surface area contributed by atoms with Crippen LogP contribution in [0.15, 0.2) is 66.9 Å². The second-order valence-corrected chi connectivity index (χ2v) is 7.24. The van der Waals surface area contributed by atoms with Gasteiger partial charge >= 0.3 is 0 Å². The summed E-state index contributed by atoms with van der Waals surface area (Å²) in [6.07, 6.45) is 6.86. The molecule has 3 aromatic rings. The zero-order valence-electron chi connectivity index (χ0n) is 16.6. The third-order valence-corrected chi connectivity index (χ3v) is 5.18. The molecule has 1 atom stereocenters. The highest BCUT2D eigenvalue weighted by Crippen LogP contribution is 2.37. The van der Waals surface area contributed by atoms with E-state index in [2.05, 4.69) is 77.0 Å². The minimum atomic E-state index is 0.158. The number of rotatable bonds is 7. The van der Waals surface area contributed by atoms with Gasteiger partial charge in [0.25, 0.3) is 0 Å². The molecule has 0 bridgehead atoms. The molecule has 1 heterocycles. The number of aromatic nitrogens is 2. The van der Waals surface area contributed by atoms with Crippen molar-refractivity contribution in [2.75, 3.05) is 12.3 Å². The summed E-state index contributed by atoms with van der Waals surface area (Å²) in [5, 5.41) is 0. The number of hydroxylamine groups is 1. The summed E-state index contributed by atoms with van der Waals surface area (Å²) in [7, 11) is 0. The molecule has 0 aliphatic heterocycles. The maximum atomic E-state index is 5.88. The average Bonchev–Trinajstić information content (AvgIpc) is 2.77. The van der Waals surface area contributed by atoms with E-state index < -0.39 is 0 Å². The second-order valence-electron chi connectivity index (χ2n) is 7.24. The minimum absolute atomic E-state index is 0.158. The first-order chi connectivity index (χ1) is 14.3. The second kappa shape index (κ2) is 8.88. The fraction of sp³-hybridized carbons (Fsp3) is 0.250. The maximum Gasteiger partial charge on any atom is 0.220 e. The first kappa shape index (κ1) is 19.2. The third-order valence-electron chi connectivity index (χ3n) is 5.18.